The molecule has 2 aromatic heterocycles. The number of hydrogen-bond acceptors (Lipinski definition) is 6. The van der Waals surface area contributed by atoms with E-state index in [-0.39, 0.29) is 17.9 Å². The third kappa shape index (κ3) is 5.64. The molecule has 0 spiro atoms. The first-order valence-electron chi connectivity index (χ1n) is 15.2. The highest BCUT2D eigenvalue weighted by Crippen LogP contribution is 2.41. The molecule has 44 heavy (non-hydrogen) atoms. The lowest BCUT2D eigenvalue weighted by Crippen LogP contribution is -2.32. The number of esters is 1. The molecule has 1 N–H and O–H groups in total. The summed E-state index contributed by atoms with van der Waals surface area (Å²) >= 11 is 1.37. The van der Waals surface area contributed by atoms with Crippen molar-refractivity contribution >= 4 is 34.6 Å². The number of nitrogens with one attached hydrogen (secondary N) is 1. The maximum absolute atomic E-state index is 14.4. The van der Waals surface area contributed by atoms with E-state index in [0.717, 1.165) is 42.1 Å². The topological polar surface area (TPSA) is 74.0 Å². The van der Waals surface area contributed by atoms with Crippen molar-refractivity contribution in [2.24, 2.45) is 0 Å². The average molecular weight is 608 g/mol. The van der Waals surface area contributed by atoms with Gasteiger partial charge in [-0.1, -0.05) is 84.9 Å². The molecule has 7 rings (SSSR count). The number of halogens is 1. The second-order valence-corrected chi connectivity index (χ2v) is 12.4. The Morgan fingerprint density at radius 2 is 1.75 bits per heavy atom. The monoisotopic (exact) mass is 607 g/mol. The molecule has 1 saturated carbocycles. The molecule has 1 aliphatic carbocycles. The SMILES string of the molecule is CC1=C(C(=O)OC2CCCCC2)C(c2cn(Cc3ccccc3)c3ccccc23)n2nc(SCc3ccccc3F)nc2N1. The minimum atomic E-state index is -0.556. The summed E-state index contributed by atoms with van der Waals surface area (Å²) in [7, 11) is 0. The molecule has 3 heterocycles. The predicted octanol–water partition coefficient (Wildman–Crippen LogP) is 7.88. The normalized spacial score (nSPS) is 17.0. The smallest absolute Gasteiger partial charge is 0.338 e. The number of allylic oxidation sites excluding steroid dienone is 1. The van der Waals surface area contributed by atoms with Crippen molar-refractivity contribution in [1.82, 2.24) is 19.3 Å². The molecule has 0 saturated heterocycles. The van der Waals surface area contributed by atoms with E-state index < -0.39 is 6.04 Å². The first-order valence-corrected chi connectivity index (χ1v) is 16.2. The number of carbonyl (C=O) groups excluding carboxylic acids is 1. The van der Waals surface area contributed by atoms with Crippen LogP contribution in [0.5, 0.6) is 0 Å². The van der Waals surface area contributed by atoms with Gasteiger partial charge in [0.1, 0.15) is 18.0 Å². The lowest BCUT2D eigenvalue weighted by Gasteiger charge is -2.29. The lowest BCUT2D eigenvalue weighted by atomic mass is 9.94. The number of carbonyl (C=O) groups is 1. The lowest BCUT2D eigenvalue weighted by molar-refractivity contribution is -0.146. The molecule has 1 aliphatic heterocycles. The van der Waals surface area contributed by atoms with Crippen molar-refractivity contribution < 1.29 is 13.9 Å². The molecule has 0 bridgehead atoms. The Balaban J connectivity index is 1.30. The summed E-state index contributed by atoms with van der Waals surface area (Å²) in [4.78, 5) is 18.8. The van der Waals surface area contributed by atoms with Gasteiger partial charge in [-0.3, -0.25) is 0 Å². The van der Waals surface area contributed by atoms with E-state index in [4.69, 9.17) is 14.8 Å². The van der Waals surface area contributed by atoms with E-state index in [0.29, 0.717) is 40.2 Å². The summed E-state index contributed by atoms with van der Waals surface area (Å²) < 4.78 is 24.5. The van der Waals surface area contributed by atoms with Crippen LogP contribution in [0, 0.1) is 5.82 Å². The van der Waals surface area contributed by atoms with Gasteiger partial charge in [-0.2, -0.15) is 4.98 Å². The molecule has 0 radical (unpaired) electrons. The van der Waals surface area contributed by atoms with E-state index in [1.165, 1.54) is 29.8 Å². The molecule has 224 valence electrons. The molecule has 1 atom stereocenters. The quantitative estimate of drug-likeness (QED) is 0.143. The Bertz CT molecular complexity index is 1840. The van der Waals surface area contributed by atoms with Gasteiger partial charge in [0.15, 0.2) is 0 Å². The number of hydrogen-bond donors (Lipinski definition) is 1. The van der Waals surface area contributed by atoms with Crippen LogP contribution in [-0.2, 0) is 21.8 Å². The maximum atomic E-state index is 14.4. The number of para-hydroxylation sites is 1. The molecular weight excluding hydrogens is 573 g/mol. The Morgan fingerprint density at radius 1 is 1.00 bits per heavy atom. The summed E-state index contributed by atoms with van der Waals surface area (Å²) in [5.41, 5.74) is 5.01. The molecule has 7 nitrogen and oxygen atoms in total. The Hall–Kier alpha value is -4.37. The molecule has 5 aromatic rings. The van der Waals surface area contributed by atoms with Gasteiger partial charge >= 0.3 is 5.97 Å². The summed E-state index contributed by atoms with van der Waals surface area (Å²) in [6.45, 7) is 2.59. The van der Waals surface area contributed by atoms with Crippen LogP contribution in [0.4, 0.5) is 10.3 Å². The summed E-state index contributed by atoms with van der Waals surface area (Å²) in [5, 5.41) is 9.76. The zero-order valence-electron chi connectivity index (χ0n) is 24.6. The number of ether oxygens (including phenoxy) is 1. The van der Waals surface area contributed by atoms with Crippen LogP contribution >= 0.6 is 11.8 Å². The molecular formula is C35H34FN5O2S. The van der Waals surface area contributed by atoms with Crippen molar-refractivity contribution in [1.29, 1.82) is 0 Å². The fourth-order valence-electron chi connectivity index (χ4n) is 6.30. The van der Waals surface area contributed by atoms with E-state index in [1.54, 1.807) is 16.8 Å². The van der Waals surface area contributed by atoms with Gasteiger partial charge in [0.25, 0.3) is 0 Å². The third-order valence-electron chi connectivity index (χ3n) is 8.50. The minimum Gasteiger partial charge on any atom is -0.459 e. The van der Waals surface area contributed by atoms with Crippen LogP contribution in [0.2, 0.25) is 0 Å². The highest BCUT2D eigenvalue weighted by Gasteiger charge is 2.38. The fourth-order valence-corrected chi connectivity index (χ4v) is 7.12. The van der Waals surface area contributed by atoms with Gasteiger partial charge < -0.3 is 14.6 Å². The first kappa shape index (κ1) is 28.4. The number of aromatic nitrogens is 4. The van der Waals surface area contributed by atoms with Crippen molar-refractivity contribution in [3.63, 3.8) is 0 Å². The number of rotatable bonds is 8. The zero-order chi connectivity index (χ0) is 30.0. The van der Waals surface area contributed by atoms with E-state index in [2.05, 4.69) is 40.3 Å². The average Bonchev–Trinajstić information content (AvgIpc) is 3.62. The van der Waals surface area contributed by atoms with Crippen molar-refractivity contribution in [2.45, 2.75) is 68.6 Å². The largest absolute Gasteiger partial charge is 0.459 e. The van der Waals surface area contributed by atoms with Crippen molar-refractivity contribution in [3.8, 4) is 0 Å². The highest BCUT2D eigenvalue weighted by atomic mass is 32.2. The van der Waals surface area contributed by atoms with Gasteiger partial charge in [-0.25, -0.2) is 13.9 Å². The molecule has 1 unspecified atom stereocenters. The maximum Gasteiger partial charge on any atom is 0.338 e. The van der Waals surface area contributed by atoms with Gasteiger partial charge in [-0.05, 0) is 55.9 Å². The van der Waals surface area contributed by atoms with E-state index in [9.17, 15) is 9.18 Å². The van der Waals surface area contributed by atoms with Gasteiger partial charge in [0, 0.05) is 40.7 Å². The zero-order valence-corrected chi connectivity index (χ0v) is 25.4. The minimum absolute atomic E-state index is 0.0827. The third-order valence-corrected chi connectivity index (χ3v) is 9.39. The fraction of sp³-hybridized carbons (Fsp3) is 0.286. The van der Waals surface area contributed by atoms with E-state index >= 15 is 0 Å². The number of fused-ring (bicyclic) bond motifs is 2. The number of thioether (sulfide) groups is 1. The van der Waals surface area contributed by atoms with Crippen LogP contribution in [0.15, 0.2) is 101 Å². The Kier molecular flexibility index (Phi) is 7.95. The first-order chi connectivity index (χ1) is 21.5. The van der Waals surface area contributed by atoms with Crippen LogP contribution in [-0.4, -0.2) is 31.4 Å². The summed E-state index contributed by atoms with van der Waals surface area (Å²) in [6.07, 6.45) is 7.14. The van der Waals surface area contributed by atoms with Crippen LogP contribution in [0.1, 0.15) is 61.8 Å². The Morgan fingerprint density at radius 3 is 2.57 bits per heavy atom. The van der Waals surface area contributed by atoms with Crippen molar-refractivity contribution in [2.75, 3.05) is 5.32 Å². The number of anilines is 1. The summed E-state index contributed by atoms with van der Waals surface area (Å²) in [5.74, 6) is 0.350. The number of benzene rings is 3. The highest BCUT2D eigenvalue weighted by molar-refractivity contribution is 7.98. The second kappa shape index (κ2) is 12.3. The number of nitrogens with zero attached hydrogens (tertiary/aromatic N) is 4. The van der Waals surface area contributed by atoms with Crippen LogP contribution in [0.25, 0.3) is 10.9 Å². The molecule has 1 fully saturated rings. The van der Waals surface area contributed by atoms with Gasteiger partial charge in [-0.15, -0.1) is 5.10 Å². The summed E-state index contributed by atoms with van der Waals surface area (Å²) in [6, 6.07) is 24.8. The standard InChI is InChI=1S/C35H34FN5O2S/c1-23-31(33(42)43-26-15-6-3-7-16-26)32(41-34(37-23)38-35(39-41)44-22-25-14-8-10-18-29(25)36)28-21-40(20-24-12-4-2-5-13-24)30-19-11-9-17-27(28)30/h2,4-5,8-14,17-19,21,26,32H,3,6-7,15-16,20,22H2,1H3,(H,37,38,39). The predicted molar refractivity (Wildman–Crippen MR) is 171 cm³/mol. The second-order valence-electron chi connectivity index (χ2n) is 11.5. The van der Waals surface area contributed by atoms with E-state index in [1.807, 2.05) is 43.3 Å². The van der Waals surface area contributed by atoms with Crippen LogP contribution in [0.3, 0.4) is 0 Å². The van der Waals surface area contributed by atoms with Crippen molar-refractivity contribution in [3.05, 3.63) is 119 Å². The molecule has 9 heteroatoms. The van der Waals surface area contributed by atoms with Gasteiger partial charge in [0.2, 0.25) is 11.1 Å². The van der Waals surface area contributed by atoms with Crippen LogP contribution < -0.4 is 5.32 Å². The molecule has 2 aliphatic rings. The van der Waals surface area contributed by atoms with Gasteiger partial charge in [0.05, 0.1) is 5.57 Å². The Labute approximate surface area is 260 Å². The molecule has 3 aromatic carbocycles. The molecule has 0 amide bonds.